The quantitative estimate of drug-likeness (QED) is 0.797. The lowest BCUT2D eigenvalue weighted by molar-refractivity contribution is 0.00578. The minimum Gasteiger partial charge on any atom is -0.399 e. The van der Waals surface area contributed by atoms with Crippen LogP contribution in [0.4, 0.5) is 0 Å². The predicted molar refractivity (Wildman–Crippen MR) is 106 cm³/mol. The van der Waals surface area contributed by atoms with Crippen molar-refractivity contribution in [2.75, 3.05) is 6.61 Å². The van der Waals surface area contributed by atoms with Gasteiger partial charge in [-0.1, -0.05) is 42.5 Å². The lowest BCUT2D eigenvalue weighted by atomic mass is 9.79. The molecule has 0 bridgehead atoms. The summed E-state index contributed by atoms with van der Waals surface area (Å²) in [5, 5.41) is 12.5. The molecule has 1 amide bonds. The van der Waals surface area contributed by atoms with E-state index in [1.807, 2.05) is 70.2 Å². The number of carbonyl (C=O) groups is 1. The monoisotopic (exact) mass is 367 g/mol. The van der Waals surface area contributed by atoms with E-state index in [9.17, 15) is 9.90 Å². The fourth-order valence-electron chi connectivity index (χ4n) is 2.93. The normalized spacial score (nSPS) is 18.9. The van der Waals surface area contributed by atoms with Gasteiger partial charge in [0, 0.05) is 5.56 Å². The van der Waals surface area contributed by atoms with Gasteiger partial charge in [-0.15, -0.1) is 0 Å². The first-order valence-electron chi connectivity index (χ1n) is 9.16. The van der Waals surface area contributed by atoms with Crippen LogP contribution in [0.3, 0.4) is 0 Å². The molecular weight excluding hydrogens is 341 g/mol. The van der Waals surface area contributed by atoms with Crippen molar-refractivity contribution >= 4 is 18.5 Å². The Hall–Kier alpha value is -2.15. The molecule has 1 unspecified atom stereocenters. The molecule has 2 N–H and O–H groups in total. The second-order valence-corrected chi connectivity index (χ2v) is 7.83. The number of aliphatic hydroxyl groups is 1. The molecule has 2 aromatic rings. The fraction of sp³-hybridized carbons (Fsp3) is 0.381. The zero-order valence-corrected chi connectivity index (χ0v) is 16.2. The Labute approximate surface area is 160 Å². The van der Waals surface area contributed by atoms with Crippen LogP contribution in [0.25, 0.3) is 0 Å². The smallest absolute Gasteiger partial charge is 0.399 e. The largest absolute Gasteiger partial charge is 0.494 e. The number of nitrogens with one attached hydrogen (secondary N) is 1. The number of hydrogen-bond donors (Lipinski definition) is 2. The van der Waals surface area contributed by atoms with E-state index < -0.39 is 24.4 Å². The van der Waals surface area contributed by atoms with Crippen LogP contribution in [0.5, 0.6) is 0 Å². The Balaban J connectivity index is 1.69. The first-order chi connectivity index (χ1) is 12.7. The summed E-state index contributed by atoms with van der Waals surface area (Å²) in [5.74, 6) is -0.238. The van der Waals surface area contributed by atoms with Crippen molar-refractivity contribution in [3.05, 3.63) is 65.7 Å². The van der Waals surface area contributed by atoms with Gasteiger partial charge in [0.1, 0.15) is 0 Å². The van der Waals surface area contributed by atoms with E-state index in [2.05, 4.69) is 5.32 Å². The molecule has 27 heavy (non-hydrogen) atoms. The molecule has 6 heteroatoms. The highest BCUT2D eigenvalue weighted by molar-refractivity contribution is 6.62. The van der Waals surface area contributed by atoms with Crippen molar-refractivity contribution in [2.45, 2.75) is 44.9 Å². The van der Waals surface area contributed by atoms with Gasteiger partial charge in [-0.05, 0) is 50.9 Å². The lowest BCUT2D eigenvalue weighted by Crippen LogP contribution is -2.41. The van der Waals surface area contributed by atoms with Gasteiger partial charge in [0.15, 0.2) is 0 Å². The molecule has 1 saturated heterocycles. The summed E-state index contributed by atoms with van der Waals surface area (Å²) in [7, 11) is -0.457. The SMILES string of the molecule is CC1(C)OB(c2ccc(C(=O)NC(CO)c3ccccc3)cc2)OC1(C)C. The van der Waals surface area contributed by atoms with Crippen LogP contribution in [0, 0.1) is 0 Å². The molecule has 0 aliphatic carbocycles. The Morgan fingerprint density at radius 2 is 1.56 bits per heavy atom. The highest BCUT2D eigenvalue weighted by Gasteiger charge is 2.51. The van der Waals surface area contributed by atoms with Crippen molar-refractivity contribution in [2.24, 2.45) is 0 Å². The highest BCUT2D eigenvalue weighted by atomic mass is 16.7. The summed E-state index contributed by atoms with van der Waals surface area (Å²) in [6.45, 7) is 7.86. The Kier molecular flexibility index (Phi) is 5.42. The van der Waals surface area contributed by atoms with Gasteiger partial charge in [0.2, 0.25) is 0 Å². The topological polar surface area (TPSA) is 67.8 Å². The summed E-state index contributed by atoms with van der Waals surface area (Å²) < 4.78 is 12.1. The molecule has 2 aromatic carbocycles. The van der Waals surface area contributed by atoms with Crippen molar-refractivity contribution < 1.29 is 19.2 Å². The first-order valence-corrected chi connectivity index (χ1v) is 9.16. The summed E-state index contributed by atoms with van der Waals surface area (Å²) >= 11 is 0. The fourth-order valence-corrected chi connectivity index (χ4v) is 2.93. The molecule has 1 heterocycles. The van der Waals surface area contributed by atoms with Crippen LogP contribution in [0.2, 0.25) is 0 Å². The molecule has 3 rings (SSSR count). The van der Waals surface area contributed by atoms with Crippen LogP contribution in [-0.4, -0.2) is 35.9 Å². The molecular formula is C21H26BNO4. The van der Waals surface area contributed by atoms with E-state index in [4.69, 9.17) is 9.31 Å². The van der Waals surface area contributed by atoms with Crippen LogP contribution >= 0.6 is 0 Å². The van der Waals surface area contributed by atoms with E-state index in [1.165, 1.54) is 0 Å². The van der Waals surface area contributed by atoms with Crippen molar-refractivity contribution in [3.63, 3.8) is 0 Å². The van der Waals surface area contributed by atoms with Crippen molar-refractivity contribution in [1.29, 1.82) is 0 Å². The Morgan fingerprint density at radius 1 is 1.00 bits per heavy atom. The molecule has 0 saturated carbocycles. The standard InChI is InChI=1S/C21H26BNO4/c1-20(2)21(3,4)27-22(26-20)17-12-10-16(11-13-17)19(25)23-18(14-24)15-8-6-5-7-9-15/h5-13,18,24H,14H2,1-4H3,(H,23,25). The van der Waals surface area contributed by atoms with Gasteiger partial charge in [0.05, 0.1) is 23.9 Å². The van der Waals surface area contributed by atoms with Gasteiger partial charge >= 0.3 is 7.12 Å². The third kappa shape index (κ3) is 4.08. The Bertz CT molecular complexity index is 774. The minimum atomic E-state index is -0.457. The second kappa shape index (κ2) is 7.47. The van der Waals surface area contributed by atoms with Gasteiger partial charge in [-0.2, -0.15) is 0 Å². The zero-order valence-electron chi connectivity index (χ0n) is 16.2. The van der Waals surface area contributed by atoms with E-state index in [1.54, 1.807) is 12.1 Å². The predicted octanol–water partition coefficient (Wildman–Crippen LogP) is 2.45. The summed E-state index contributed by atoms with van der Waals surface area (Å²) in [6, 6.07) is 16.1. The van der Waals surface area contributed by atoms with Crippen LogP contribution in [0.15, 0.2) is 54.6 Å². The van der Waals surface area contributed by atoms with E-state index in [0.29, 0.717) is 5.56 Å². The molecule has 0 radical (unpaired) electrons. The average Bonchev–Trinajstić information content (AvgIpc) is 2.88. The summed E-state index contributed by atoms with van der Waals surface area (Å²) in [4.78, 5) is 12.5. The van der Waals surface area contributed by atoms with Crippen LogP contribution in [-0.2, 0) is 9.31 Å². The third-order valence-corrected chi connectivity index (χ3v) is 5.39. The van der Waals surface area contributed by atoms with Gasteiger partial charge in [0.25, 0.3) is 5.91 Å². The van der Waals surface area contributed by atoms with E-state index in [-0.39, 0.29) is 12.5 Å². The van der Waals surface area contributed by atoms with E-state index in [0.717, 1.165) is 11.0 Å². The highest BCUT2D eigenvalue weighted by Crippen LogP contribution is 2.36. The molecule has 142 valence electrons. The molecule has 1 aliphatic rings. The lowest BCUT2D eigenvalue weighted by Gasteiger charge is -2.32. The molecule has 0 spiro atoms. The number of amides is 1. The molecule has 1 fully saturated rings. The van der Waals surface area contributed by atoms with Gasteiger partial charge in [-0.3, -0.25) is 4.79 Å². The van der Waals surface area contributed by atoms with Gasteiger partial charge < -0.3 is 19.7 Å². The number of rotatable bonds is 5. The van der Waals surface area contributed by atoms with Gasteiger partial charge in [-0.25, -0.2) is 0 Å². The summed E-state index contributed by atoms with van der Waals surface area (Å²) in [5.41, 5.74) is 1.44. The minimum absolute atomic E-state index is 0.165. The molecule has 1 atom stereocenters. The molecule has 1 aliphatic heterocycles. The second-order valence-electron chi connectivity index (χ2n) is 7.83. The summed E-state index contributed by atoms with van der Waals surface area (Å²) in [6.07, 6.45) is 0. The first kappa shape index (κ1) is 19.6. The van der Waals surface area contributed by atoms with Crippen LogP contribution < -0.4 is 10.8 Å². The number of carbonyl (C=O) groups excluding carboxylic acids is 1. The van der Waals surface area contributed by atoms with Crippen molar-refractivity contribution in [1.82, 2.24) is 5.32 Å². The molecule has 0 aromatic heterocycles. The number of benzene rings is 2. The average molecular weight is 367 g/mol. The number of hydrogen-bond acceptors (Lipinski definition) is 4. The third-order valence-electron chi connectivity index (χ3n) is 5.39. The van der Waals surface area contributed by atoms with Crippen molar-refractivity contribution in [3.8, 4) is 0 Å². The number of aliphatic hydroxyl groups excluding tert-OH is 1. The van der Waals surface area contributed by atoms with Crippen LogP contribution in [0.1, 0.15) is 49.7 Å². The van der Waals surface area contributed by atoms with E-state index >= 15 is 0 Å². The maximum atomic E-state index is 12.5. The maximum absolute atomic E-state index is 12.5. The Morgan fingerprint density at radius 3 is 2.07 bits per heavy atom. The zero-order chi connectivity index (χ0) is 19.7. The molecule has 5 nitrogen and oxygen atoms in total. The maximum Gasteiger partial charge on any atom is 0.494 e.